The number of hydrogen-bond donors (Lipinski definition) is 5. The molecule has 0 spiro atoms. The lowest BCUT2D eigenvalue weighted by molar-refractivity contribution is -0.270. The van der Waals surface area contributed by atoms with Crippen LogP contribution in [0, 0.1) is 11.6 Å². The highest BCUT2D eigenvalue weighted by Crippen LogP contribution is 2.41. The summed E-state index contributed by atoms with van der Waals surface area (Å²) in [7, 11) is 0. The fraction of sp³-hybridized carbons (Fsp3) is 0.500. The third kappa shape index (κ3) is 5.50. The number of amides is 2. The van der Waals surface area contributed by atoms with E-state index < -0.39 is 60.2 Å². The van der Waals surface area contributed by atoms with Crippen molar-refractivity contribution in [3.63, 3.8) is 0 Å². The van der Waals surface area contributed by atoms with Crippen molar-refractivity contribution in [1.82, 2.24) is 25.7 Å². The Morgan fingerprint density at radius 1 is 1.08 bits per heavy atom. The Morgan fingerprint density at radius 2 is 1.78 bits per heavy atom. The summed E-state index contributed by atoms with van der Waals surface area (Å²) in [4.78, 5) is 29.5. The number of halogens is 5. The molecule has 1 aliphatic heterocycles. The van der Waals surface area contributed by atoms with E-state index >= 15 is 0 Å². The Kier molecular flexibility index (Phi) is 7.29. The molecule has 2 heterocycles. The van der Waals surface area contributed by atoms with Gasteiger partial charge >= 0.3 is 6.18 Å². The molecule has 9 nitrogen and oxygen atoms in total. The number of imidazole rings is 1. The maximum absolute atomic E-state index is 14.0. The van der Waals surface area contributed by atoms with Gasteiger partial charge in [0.1, 0.15) is 6.04 Å². The van der Waals surface area contributed by atoms with Crippen LogP contribution < -0.4 is 21.5 Å². The molecule has 2 fully saturated rings. The van der Waals surface area contributed by atoms with Crippen LogP contribution in [0.4, 0.5) is 27.6 Å². The van der Waals surface area contributed by atoms with Crippen molar-refractivity contribution in [3.05, 3.63) is 48.1 Å². The number of hydrogen-bond acceptors (Lipinski definition) is 6. The highest BCUT2D eigenvalue weighted by molar-refractivity contribution is 6.05. The number of nitrogens with one attached hydrogen (secondary N) is 4. The number of nitrogens with zero attached hydrogens (tertiary/aromatic N) is 2. The number of alkyl halides is 3. The molecule has 1 aliphatic carbocycles. The van der Waals surface area contributed by atoms with Gasteiger partial charge in [-0.05, 0) is 44.6 Å². The first kappa shape index (κ1) is 26.0. The van der Waals surface area contributed by atoms with E-state index in [0.29, 0.717) is 25.0 Å². The van der Waals surface area contributed by atoms with Crippen LogP contribution >= 0.6 is 0 Å². The molecule has 1 aromatic heterocycles. The second kappa shape index (κ2) is 10.1. The summed E-state index contributed by atoms with van der Waals surface area (Å²) in [6, 6.07) is -0.166. The monoisotopic (exact) mass is 516 g/mol. The van der Waals surface area contributed by atoms with Crippen molar-refractivity contribution >= 4 is 17.5 Å². The van der Waals surface area contributed by atoms with Gasteiger partial charge in [0, 0.05) is 24.5 Å². The Balaban J connectivity index is 1.40. The highest BCUT2D eigenvalue weighted by atomic mass is 19.4. The van der Waals surface area contributed by atoms with Crippen molar-refractivity contribution < 1.29 is 36.6 Å². The molecule has 2 atom stereocenters. The SMILES string of the molecule is O=C(NC1CCC(O)(C(F)(F)F)CC1)c1cc(F)c(F)cc1NC(=O)C1CCC(n2ccnc2)NN1. The van der Waals surface area contributed by atoms with Crippen LogP contribution in [-0.2, 0) is 4.79 Å². The van der Waals surface area contributed by atoms with Crippen LogP contribution in [0.3, 0.4) is 0 Å². The average molecular weight is 516 g/mol. The van der Waals surface area contributed by atoms with Crippen molar-refractivity contribution in [3.8, 4) is 0 Å². The molecule has 2 unspecified atom stereocenters. The van der Waals surface area contributed by atoms with Crippen molar-refractivity contribution in [1.29, 1.82) is 0 Å². The Bertz CT molecular complexity index is 1090. The normalized spacial score (nSPS) is 26.9. The molecule has 4 rings (SSSR count). The van der Waals surface area contributed by atoms with E-state index in [9.17, 15) is 36.6 Å². The highest BCUT2D eigenvalue weighted by Gasteiger charge is 2.54. The van der Waals surface area contributed by atoms with Crippen LogP contribution in [0.5, 0.6) is 0 Å². The fourth-order valence-electron chi connectivity index (χ4n) is 4.38. The molecule has 36 heavy (non-hydrogen) atoms. The molecule has 0 bridgehead atoms. The van der Waals surface area contributed by atoms with Gasteiger partial charge in [-0.1, -0.05) is 0 Å². The van der Waals surface area contributed by atoms with Gasteiger partial charge in [0.2, 0.25) is 5.91 Å². The van der Waals surface area contributed by atoms with Crippen molar-refractivity contribution in [2.24, 2.45) is 0 Å². The van der Waals surface area contributed by atoms with E-state index in [2.05, 4.69) is 26.5 Å². The fourth-order valence-corrected chi connectivity index (χ4v) is 4.38. The number of carbonyl (C=O) groups is 2. The van der Waals surface area contributed by atoms with Gasteiger partial charge in [-0.2, -0.15) is 13.2 Å². The average Bonchev–Trinajstić information content (AvgIpc) is 3.37. The van der Waals surface area contributed by atoms with E-state index in [1.165, 1.54) is 0 Å². The summed E-state index contributed by atoms with van der Waals surface area (Å²) in [5, 5.41) is 14.7. The van der Waals surface area contributed by atoms with Gasteiger partial charge in [-0.3, -0.25) is 9.59 Å². The number of benzene rings is 1. The number of rotatable bonds is 5. The standard InChI is InChI=1S/C22H25F5N6O3/c23-14-9-13(19(34)29-12-3-5-21(36,6-4-12)22(25,26)27)17(10-15(14)24)30-20(35)16-1-2-18(32-31-16)33-8-7-28-11-33/h7-12,16,18,31-32,36H,1-6H2,(H,29,34)(H,30,35). The molecular formula is C22H25F5N6O3. The van der Waals surface area contributed by atoms with E-state index in [-0.39, 0.29) is 30.3 Å². The molecule has 1 saturated carbocycles. The molecule has 5 N–H and O–H groups in total. The smallest absolute Gasteiger partial charge is 0.380 e. The largest absolute Gasteiger partial charge is 0.417 e. The van der Waals surface area contributed by atoms with Crippen molar-refractivity contribution in [2.45, 2.75) is 68.6 Å². The summed E-state index contributed by atoms with van der Waals surface area (Å²) in [6.07, 6.45) is -0.565. The van der Waals surface area contributed by atoms with E-state index in [0.717, 1.165) is 0 Å². The zero-order chi connectivity index (χ0) is 26.1. The minimum absolute atomic E-state index is 0.147. The molecule has 2 aliphatic rings. The lowest BCUT2D eigenvalue weighted by atomic mass is 9.81. The summed E-state index contributed by atoms with van der Waals surface area (Å²) >= 11 is 0. The second-order valence-corrected chi connectivity index (χ2v) is 9.02. The number of hydrazine groups is 1. The molecule has 2 amide bonds. The Hall–Kier alpha value is -3.10. The lowest BCUT2D eigenvalue weighted by Crippen LogP contribution is -2.54. The first-order valence-corrected chi connectivity index (χ1v) is 11.4. The summed E-state index contributed by atoms with van der Waals surface area (Å²) in [6.45, 7) is 0. The maximum Gasteiger partial charge on any atom is 0.417 e. The van der Waals surface area contributed by atoms with E-state index in [1.54, 1.807) is 23.3 Å². The number of aliphatic hydroxyl groups is 1. The number of aromatic nitrogens is 2. The third-order valence-corrected chi connectivity index (χ3v) is 6.59. The predicted octanol–water partition coefficient (Wildman–Crippen LogP) is 2.52. The second-order valence-electron chi connectivity index (χ2n) is 9.02. The first-order valence-electron chi connectivity index (χ1n) is 11.4. The van der Waals surface area contributed by atoms with Gasteiger partial charge in [-0.25, -0.2) is 24.6 Å². The Morgan fingerprint density at radius 3 is 2.36 bits per heavy atom. The van der Waals surface area contributed by atoms with Crippen LogP contribution in [0.15, 0.2) is 30.9 Å². The maximum atomic E-state index is 14.0. The molecule has 1 aromatic carbocycles. The molecule has 14 heteroatoms. The van der Waals surface area contributed by atoms with Gasteiger partial charge in [-0.15, -0.1) is 0 Å². The first-order chi connectivity index (χ1) is 17.0. The van der Waals surface area contributed by atoms with Crippen LogP contribution in [-0.4, -0.2) is 50.3 Å². The van der Waals surface area contributed by atoms with Gasteiger partial charge < -0.3 is 20.3 Å². The third-order valence-electron chi connectivity index (χ3n) is 6.59. The molecule has 196 valence electrons. The van der Waals surface area contributed by atoms with Gasteiger partial charge in [0.15, 0.2) is 17.2 Å². The topological polar surface area (TPSA) is 120 Å². The molecule has 1 saturated heterocycles. The van der Waals surface area contributed by atoms with Crippen LogP contribution in [0.25, 0.3) is 0 Å². The van der Waals surface area contributed by atoms with Gasteiger partial charge in [0.05, 0.1) is 23.7 Å². The van der Waals surface area contributed by atoms with E-state index in [1.807, 2.05) is 0 Å². The lowest BCUT2D eigenvalue weighted by Gasteiger charge is -2.37. The summed E-state index contributed by atoms with van der Waals surface area (Å²) < 4.78 is 68.7. The van der Waals surface area contributed by atoms with Crippen LogP contribution in [0.1, 0.15) is 55.0 Å². The Labute approximate surface area is 202 Å². The van der Waals surface area contributed by atoms with Crippen molar-refractivity contribution in [2.75, 3.05) is 5.32 Å². The van der Waals surface area contributed by atoms with E-state index in [4.69, 9.17) is 0 Å². The summed E-state index contributed by atoms with van der Waals surface area (Å²) in [5.74, 6) is -4.10. The summed E-state index contributed by atoms with van der Waals surface area (Å²) in [5.41, 5.74) is 2.33. The molecular weight excluding hydrogens is 491 g/mol. The predicted molar refractivity (Wildman–Crippen MR) is 116 cm³/mol. The van der Waals surface area contributed by atoms with Crippen LogP contribution in [0.2, 0.25) is 0 Å². The molecule has 2 aromatic rings. The number of carbonyl (C=O) groups excluding carboxylic acids is 2. The minimum atomic E-state index is -4.79. The number of anilines is 1. The zero-order valence-electron chi connectivity index (χ0n) is 18.9. The molecule has 0 radical (unpaired) electrons. The van der Waals surface area contributed by atoms with Gasteiger partial charge in [0.25, 0.3) is 5.91 Å². The minimum Gasteiger partial charge on any atom is -0.380 e. The quantitative estimate of drug-likeness (QED) is 0.390. The zero-order valence-corrected chi connectivity index (χ0v) is 18.9.